The molecule has 1 unspecified atom stereocenters. The summed E-state index contributed by atoms with van der Waals surface area (Å²) in [6.45, 7) is 4.30. The average Bonchev–Trinajstić information content (AvgIpc) is 2.74. The first-order valence-electron chi connectivity index (χ1n) is 12.5. The molecule has 3 aliphatic rings. The molecule has 4 heteroatoms. The summed E-state index contributed by atoms with van der Waals surface area (Å²) >= 11 is 0. The van der Waals surface area contributed by atoms with Gasteiger partial charge in [0.1, 0.15) is 5.60 Å². The summed E-state index contributed by atoms with van der Waals surface area (Å²) in [5.41, 5.74) is -0.0838. The fourth-order valence-electron chi connectivity index (χ4n) is 6.32. The van der Waals surface area contributed by atoms with Crippen LogP contribution < -0.4 is 0 Å². The van der Waals surface area contributed by atoms with Gasteiger partial charge in [-0.3, -0.25) is 4.74 Å². The zero-order chi connectivity index (χ0) is 21.6. The number of hydrogen-bond acceptors (Lipinski definition) is 1. The summed E-state index contributed by atoms with van der Waals surface area (Å²) < 4.78 is 44.6. The van der Waals surface area contributed by atoms with Crippen molar-refractivity contribution in [2.75, 3.05) is 0 Å². The molecular weight excluding hydrogens is 385 g/mol. The molecule has 0 saturated heterocycles. The van der Waals surface area contributed by atoms with Crippen LogP contribution in [0.1, 0.15) is 104 Å². The largest absolute Gasteiger partial charge is 0.523 e. The standard InChI is InChI=1S/C26H41F3O/c1-3-5-6-7-21-8-10-22(11-9-21)23-12-14-24(15-13-23)25(30-26(27,28)29)18-16-20(4-2)17-19-25/h16-18,21-24H,3-15,19H2,1-2H3/t21-,22-,23-,24-,25?. The molecule has 30 heavy (non-hydrogen) atoms. The molecule has 0 aliphatic heterocycles. The maximum absolute atomic E-state index is 13.3. The Balaban J connectivity index is 1.52. The van der Waals surface area contributed by atoms with Crippen LogP contribution in [0.15, 0.2) is 23.8 Å². The summed E-state index contributed by atoms with van der Waals surface area (Å²) in [7, 11) is 0. The predicted molar refractivity (Wildman–Crippen MR) is 117 cm³/mol. The van der Waals surface area contributed by atoms with Crippen molar-refractivity contribution in [1.29, 1.82) is 0 Å². The van der Waals surface area contributed by atoms with E-state index < -0.39 is 12.0 Å². The highest BCUT2D eigenvalue weighted by Crippen LogP contribution is 2.48. The van der Waals surface area contributed by atoms with Gasteiger partial charge in [-0.05, 0) is 75.0 Å². The van der Waals surface area contributed by atoms with E-state index in [1.165, 1.54) is 51.4 Å². The Morgan fingerprint density at radius 1 is 0.933 bits per heavy atom. The van der Waals surface area contributed by atoms with Crippen molar-refractivity contribution in [2.45, 2.75) is 116 Å². The SMILES string of the molecule is CCCCC[C@H]1CC[C@H]([C@H]2CC[C@H](C3(OC(F)(F)F)C=CC(CC)=CC3)CC2)CC1. The first-order chi connectivity index (χ1) is 14.3. The number of halogens is 3. The van der Waals surface area contributed by atoms with Gasteiger partial charge in [-0.1, -0.05) is 76.2 Å². The maximum Gasteiger partial charge on any atom is 0.523 e. The van der Waals surface area contributed by atoms with Crippen LogP contribution in [-0.2, 0) is 4.74 Å². The highest BCUT2D eigenvalue weighted by Gasteiger charge is 2.48. The van der Waals surface area contributed by atoms with Gasteiger partial charge in [0.25, 0.3) is 0 Å². The summed E-state index contributed by atoms with van der Waals surface area (Å²) in [6, 6.07) is 0. The summed E-state index contributed by atoms with van der Waals surface area (Å²) in [5, 5.41) is 0. The lowest BCUT2D eigenvalue weighted by molar-refractivity contribution is -0.366. The fraction of sp³-hybridized carbons (Fsp3) is 0.846. The minimum absolute atomic E-state index is 0.0355. The first-order valence-corrected chi connectivity index (χ1v) is 12.5. The van der Waals surface area contributed by atoms with E-state index in [2.05, 4.69) is 6.92 Å². The quantitative estimate of drug-likeness (QED) is 0.352. The number of hydrogen-bond donors (Lipinski definition) is 0. The van der Waals surface area contributed by atoms with Gasteiger partial charge in [0, 0.05) is 0 Å². The lowest BCUT2D eigenvalue weighted by Gasteiger charge is -2.45. The van der Waals surface area contributed by atoms with Gasteiger partial charge in [-0.2, -0.15) is 0 Å². The van der Waals surface area contributed by atoms with Gasteiger partial charge in [0.15, 0.2) is 0 Å². The smallest absolute Gasteiger partial charge is 0.280 e. The Labute approximate surface area is 181 Å². The van der Waals surface area contributed by atoms with E-state index in [0.717, 1.165) is 49.5 Å². The number of rotatable bonds is 8. The van der Waals surface area contributed by atoms with E-state index in [4.69, 9.17) is 4.74 Å². The zero-order valence-corrected chi connectivity index (χ0v) is 19.0. The molecule has 0 aromatic rings. The van der Waals surface area contributed by atoms with Gasteiger partial charge in [0.05, 0.1) is 0 Å². The lowest BCUT2D eigenvalue weighted by Crippen LogP contribution is -2.45. The molecule has 0 aromatic carbocycles. The molecule has 0 N–H and O–H groups in total. The second-order valence-electron chi connectivity index (χ2n) is 10.1. The van der Waals surface area contributed by atoms with Crippen LogP contribution in [0.3, 0.4) is 0 Å². The third-order valence-corrected chi connectivity index (χ3v) is 8.21. The van der Waals surface area contributed by atoms with E-state index in [-0.39, 0.29) is 5.92 Å². The van der Waals surface area contributed by atoms with Gasteiger partial charge < -0.3 is 0 Å². The topological polar surface area (TPSA) is 9.23 Å². The number of unbranched alkanes of at least 4 members (excludes halogenated alkanes) is 2. The minimum Gasteiger partial charge on any atom is -0.280 e. The molecule has 0 aromatic heterocycles. The van der Waals surface area contributed by atoms with Crippen molar-refractivity contribution < 1.29 is 17.9 Å². The van der Waals surface area contributed by atoms with E-state index in [9.17, 15) is 13.2 Å². The van der Waals surface area contributed by atoms with E-state index in [1.807, 2.05) is 19.1 Å². The summed E-state index contributed by atoms with van der Waals surface area (Å²) in [6.07, 6.45) is 16.8. The van der Waals surface area contributed by atoms with E-state index in [0.29, 0.717) is 12.3 Å². The van der Waals surface area contributed by atoms with Crippen LogP contribution >= 0.6 is 0 Å². The number of ether oxygens (including phenoxy) is 1. The zero-order valence-electron chi connectivity index (χ0n) is 19.0. The fourth-order valence-corrected chi connectivity index (χ4v) is 6.32. The van der Waals surface area contributed by atoms with Crippen LogP contribution in [0.5, 0.6) is 0 Å². The summed E-state index contributed by atoms with van der Waals surface area (Å²) in [5.74, 6) is 2.38. The van der Waals surface area contributed by atoms with Crippen molar-refractivity contribution in [3.63, 3.8) is 0 Å². The monoisotopic (exact) mass is 426 g/mol. The van der Waals surface area contributed by atoms with Crippen LogP contribution in [0, 0.1) is 23.7 Å². The molecule has 1 nitrogen and oxygen atoms in total. The highest BCUT2D eigenvalue weighted by atomic mass is 19.4. The minimum atomic E-state index is -4.59. The predicted octanol–water partition coefficient (Wildman–Crippen LogP) is 8.75. The molecule has 0 radical (unpaired) electrons. The molecule has 2 fully saturated rings. The Morgan fingerprint density at radius 2 is 1.57 bits per heavy atom. The van der Waals surface area contributed by atoms with Crippen LogP contribution in [0.4, 0.5) is 13.2 Å². The molecule has 0 amide bonds. The van der Waals surface area contributed by atoms with Crippen molar-refractivity contribution in [3.05, 3.63) is 23.8 Å². The third kappa shape index (κ3) is 6.37. The van der Waals surface area contributed by atoms with Crippen molar-refractivity contribution in [1.82, 2.24) is 0 Å². The second-order valence-corrected chi connectivity index (χ2v) is 10.1. The molecule has 3 rings (SSSR count). The second kappa shape index (κ2) is 10.7. The Bertz CT molecular complexity index is 578. The molecule has 0 bridgehead atoms. The van der Waals surface area contributed by atoms with Gasteiger partial charge in [-0.25, -0.2) is 0 Å². The van der Waals surface area contributed by atoms with Crippen LogP contribution in [-0.4, -0.2) is 12.0 Å². The average molecular weight is 427 g/mol. The molecule has 1 atom stereocenters. The molecule has 172 valence electrons. The third-order valence-electron chi connectivity index (χ3n) is 8.21. The Morgan fingerprint density at radius 3 is 2.07 bits per heavy atom. The molecule has 0 heterocycles. The molecule has 2 saturated carbocycles. The lowest BCUT2D eigenvalue weighted by atomic mass is 9.65. The molecular formula is C26H41F3O. The van der Waals surface area contributed by atoms with E-state index in [1.54, 1.807) is 6.08 Å². The van der Waals surface area contributed by atoms with Crippen molar-refractivity contribution in [3.8, 4) is 0 Å². The van der Waals surface area contributed by atoms with Gasteiger partial charge in [0.2, 0.25) is 0 Å². The normalized spacial score (nSPS) is 35.3. The van der Waals surface area contributed by atoms with Crippen molar-refractivity contribution in [2.24, 2.45) is 23.7 Å². The highest BCUT2D eigenvalue weighted by molar-refractivity contribution is 5.29. The van der Waals surface area contributed by atoms with Crippen molar-refractivity contribution >= 4 is 0 Å². The Hall–Kier alpha value is -0.770. The van der Waals surface area contributed by atoms with Crippen LogP contribution in [0.2, 0.25) is 0 Å². The number of allylic oxidation sites excluding steroid dienone is 2. The maximum atomic E-state index is 13.3. The molecule has 0 spiro atoms. The van der Waals surface area contributed by atoms with Gasteiger partial charge >= 0.3 is 6.36 Å². The summed E-state index contributed by atoms with van der Waals surface area (Å²) in [4.78, 5) is 0. The first kappa shape index (κ1) is 23.9. The number of alkyl halides is 3. The Kier molecular flexibility index (Phi) is 8.52. The van der Waals surface area contributed by atoms with Crippen LogP contribution in [0.25, 0.3) is 0 Å². The van der Waals surface area contributed by atoms with Gasteiger partial charge in [-0.15, -0.1) is 13.2 Å². The molecule has 3 aliphatic carbocycles. The van der Waals surface area contributed by atoms with E-state index >= 15 is 0 Å².